The van der Waals surface area contributed by atoms with Crippen LogP contribution in [0.2, 0.25) is 0 Å². The van der Waals surface area contributed by atoms with Crippen LogP contribution in [-0.2, 0) is 4.74 Å². The molecule has 0 aromatic rings. The standard InChI is InChI=1S/C18H38N6O/c1-16(2)17(24-9-7-22(3)8-10-24)15-21-18(19)20-5-4-6-23-11-13-25-14-12-23/h16-17H,4-15H2,1-3H3,(H3,19,20,21). The van der Waals surface area contributed by atoms with Crippen LogP contribution in [0.4, 0.5) is 0 Å². The van der Waals surface area contributed by atoms with E-state index < -0.39 is 0 Å². The summed E-state index contributed by atoms with van der Waals surface area (Å²) in [5.41, 5.74) is 6.07. The molecule has 2 aliphatic heterocycles. The van der Waals surface area contributed by atoms with E-state index in [0.717, 1.165) is 78.5 Å². The lowest BCUT2D eigenvalue weighted by molar-refractivity contribution is 0.0376. The van der Waals surface area contributed by atoms with Gasteiger partial charge in [-0.1, -0.05) is 13.8 Å². The predicted octanol–water partition coefficient (Wildman–Crippen LogP) is -0.115. The van der Waals surface area contributed by atoms with Gasteiger partial charge in [0.2, 0.25) is 0 Å². The smallest absolute Gasteiger partial charge is 0.188 e. The molecular formula is C18H38N6O. The van der Waals surface area contributed by atoms with E-state index in [1.165, 1.54) is 0 Å². The van der Waals surface area contributed by atoms with Gasteiger partial charge < -0.3 is 20.7 Å². The fraction of sp³-hybridized carbons (Fsp3) is 0.944. The number of aliphatic imine (C=N–C) groups is 1. The van der Waals surface area contributed by atoms with Crippen molar-refractivity contribution in [2.24, 2.45) is 16.6 Å². The van der Waals surface area contributed by atoms with Gasteiger partial charge in [-0.25, -0.2) is 0 Å². The van der Waals surface area contributed by atoms with Gasteiger partial charge in [0.05, 0.1) is 19.8 Å². The highest BCUT2D eigenvalue weighted by Crippen LogP contribution is 2.13. The Bertz CT molecular complexity index is 389. The maximum Gasteiger partial charge on any atom is 0.188 e. The van der Waals surface area contributed by atoms with E-state index in [4.69, 9.17) is 10.5 Å². The number of ether oxygens (including phenoxy) is 1. The molecule has 0 amide bonds. The molecule has 0 saturated carbocycles. The topological polar surface area (TPSA) is 69.4 Å². The fourth-order valence-electron chi connectivity index (χ4n) is 3.49. The van der Waals surface area contributed by atoms with Gasteiger partial charge in [0.25, 0.3) is 0 Å². The summed E-state index contributed by atoms with van der Waals surface area (Å²) in [4.78, 5) is 12.0. The van der Waals surface area contributed by atoms with Crippen molar-refractivity contribution >= 4 is 5.96 Å². The van der Waals surface area contributed by atoms with E-state index in [9.17, 15) is 0 Å². The molecule has 0 aromatic carbocycles. The number of hydrogen-bond acceptors (Lipinski definition) is 5. The molecule has 146 valence electrons. The minimum atomic E-state index is 0.474. The van der Waals surface area contributed by atoms with E-state index in [0.29, 0.717) is 17.9 Å². The summed E-state index contributed by atoms with van der Waals surface area (Å²) in [6.07, 6.45) is 1.09. The largest absolute Gasteiger partial charge is 0.379 e. The van der Waals surface area contributed by atoms with E-state index in [1.807, 2.05) is 0 Å². The van der Waals surface area contributed by atoms with Gasteiger partial charge in [0.15, 0.2) is 5.96 Å². The molecule has 25 heavy (non-hydrogen) atoms. The number of hydrogen-bond donors (Lipinski definition) is 2. The second-order valence-electron chi connectivity index (χ2n) is 7.61. The molecule has 0 bridgehead atoms. The molecule has 0 spiro atoms. The van der Waals surface area contributed by atoms with Crippen molar-refractivity contribution in [3.05, 3.63) is 0 Å². The molecule has 2 rings (SSSR count). The number of nitrogens with two attached hydrogens (primary N) is 1. The van der Waals surface area contributed by atoms with E-state index in [-0.39, 0.29) is 0 Å². The molecule has 2 aliphatic rings. The van der Waals surface area contributed by atoms with Gasteiger partial charge in [0, 0.05) is 51.9 Å². The second-order valence-corrected chi connectivity index (χ2v) is 7.61. The summed E-state index contributed by atoms with van der Waals surface area (Å²) in [5.74, 6) is 1.17. The second kappa shape index (κ2) is 11.0. The number of nitrogens with one attached hydrogen (secondary N) is 1. The molecule has 0 aromatic heterocycles. The van der Waals surface area contributed by atoms with Crippen LogP contribution < -0.4 is 11.1 Å². The zero-order valence-corrected chi connectivity index (χ0v) is 16.4. The number of piperazine rings is 1. The van der Waals surface area contributed by atoms with Crippen LogP contribution >= 0.6 is 0 Å². The van der Waals surface area contributed by atoms with Gasteiger partial charge in [-0.2, -0.15) is 0 Å². The minimum Gasteiger partial charge on any atom is -0.379 e. The van der Waals surface area contributed by atoms with Crippen molar-refractivity contribution in [3.8, 4) is 0 Å². The van der Waals surface area contributed by atoms with Crippen molar-refractivity contribution in [3.63, 3.8) is 0 Å². The third-order valence-corrected chi connectivity index (χ3v) is 5.29. The monoisotopic (exact) mass is 354 g/mol. The first kappa shape index (κ1) is 20.4. The zero-order chi connectivity index (χ0) is 18.1. The lowest BCUT2D eigenvalue weighted by Crippen LogP contribution is -2.52. The number of rotatable bonds is 8. The van der Waals surface area contributed by atoms with Gasteiger partial charge >= 0.3 is 0 Å². The highest BCUT2D eigenvalue weighted by molar-refractivity contribution is 5.77. The van der Waals surface area contributed by atoms with Gasteiger partial charge in [-0.15, -0.1) is 0 Å². The summed E-state index contributed by atoms with van der Waals surface area (Å²) in [7, 11) is 2.19. The summed E-state index contributed by atoms with van der Waals surface area (Å²) >= 11 is 0. The van der Waals surface area contributed by atoms with Crippen LogP contribution in [0.15, 0.2) is 4.99 Å². The van der Waals surface area contributed by atoms with Crippen LogP contribution in [-0.4, -0.2) is 106 Å². The Balaban J connectivity index is 1.66. The summed E-state index contributed by atoms with van der Waals surface area (Å²) < 4.78 is 5.37. The summed E-state index contributed by atoms with van der Waals surface area (Å²) in [5, 5.41) is 3.27. The van der Waals surface area contributed by atoms with E-state index in [2.05, 4.69) is 45.9 Å². The van der Waals surface area contributed by atoms with Crippen LogP contribution in [0.25, 0.3) is 0 Å². The Labute approximate surface area is 153 Å². The summed E-state index contributed by atoms with van der Waals surface area (Å²) in [6, 6.07) is 0.474. The molecule has 2 fully saturated rings. The Kier molecular flexibility index (Phi) is 8.95. The Morgan fingerprint density at radius 3 is 2.44 bits per heavy atom. The van der Waals surface area contributed by atoms with Crippen molar-refractivity contribution in [1.82, 2.24) is 20.0 Å². The van der Waals surface area contributed by atoms with Crippen LogP contribution in [0, 0.1) is 5.92 Å². The molecule has 2 heterocycles. The number of likely N-dealkylation sites (N-methyl/N-ethyl adjacent to an activating group) is 1. The quantitative estimate of drug-likeness (QED) is 0.360. The van der Waals surface area contributed by atoms with E-state index >= 15 is 0 Å². The van der Waals surface area contributed by atoms with E-state index in [1.54, 1.807) is 0 Å². The Hall–Kier alpha value is -0.890. The predicted molar refractivity (Wildman–Crippen MR) is 104 cm³/mol. The SMILES string of the molecule is CC(C)C(CN=C(N)NCCCN1CCOCC1)N1CCN(C)CC1. The first-order valence-electron chi connectivity index (χ1n) is 9.82. The molecular weight excluding hydrogens is 316 g/mol. The van der Waals surface area contributed by atoms with Crippen molar-refractivity contribution < 1.29 is 4.74 Å². The molecule has 2 saturated heterocycles. The highest BCUT2D eigenvalue weighted by Gasteiger charge is 2.24. The third kappa shape index (κ3) is 7.48. The van der Waals surface area contributed by atoms with Gasteiger partial charge in [-0.05, 0) is 25.9 Å². The minimum absolute atomic E-state index is 0.474. The first-order valence-corrected chi connectivity index (χ1v) is 9.82. The molecule has 1 atom stereocenters. The number of morpholine rings is 1. The molecule has 0 radical (unpaired) electrons. The van der Waals surface area contributed by atoms with Gasteiger partial charge in [-0.3, -0.25) is 14.8 Å². The first-order chi connectivity index (χ1) is 12.1. The van der Waals surface area contributed by atoms with Crippen LogP contribution in [0.3, 0.4) is 0 Å². The Morgan fingerprint density at radius 1 is 1.12 bits per heavy atom. The van der Waals surface area contributed by atoms with Crippen LogP contribution in [0.1, 0.15) is 20.3 Å². The molecule has 7 nitrogen and oxygen atoms in total. The molecule has 3 N–H and O–H groups in total. The van der Waals surface area contributed by atoms with Crippen molar-refractivity contribution in [1.29, 1.82) is 0 Å². The lowest BCUT2D eigenvalue weighted by Gasteiger charge is -2.39. The van der Waals surface area contributed by atoms with Crippen molar-refractivity contribution in [2.45, 2.75) is 26.3 Å². The Morgan fingerprint density at radius 2 is 1.80 bits per heavy atom. The van der Waals surface area contributed by atoms with Gasteiger partial charge in [0.1, 0.15) is 0 Å². The molecule has 1 unspecified atom stereocenters. The van der Waals surface area contributed by atoms with Crippen molar-refractivity contribution in [2.75, 3.05) is 79.2 Å². The van der Waals surface area contributed by atoms with Crippen LogP contribution in [0.5, 0.6) is 0 Å². The number of guanidine groups is 1. The average molecular weight is 355 g/mol. The maximum absolute atomic E-state index is 6.07. The highest BCUT2D eigenvalue weighted by atomic mass is 16.5. The molecule has 0 aliphatic carbocycles. The maximum atomic E-state index is 6.07. The number of nitrogens with zero attached hydrogens (tertiary/aromatic N) is 4. The fourth-order valence-corrected chi connectivity index (χ4v) is 3.49. The molecule has 7 heteroatoms. The zero-order valence-electron chi connectivity index (χ0n) is 16.4. The third-order valence-electron chi connectivity index (χ3n) is 5.29. The lowest BCUT2D eigenvalue weighted by atomic mass is 10.0. The average Bonchev–Trinajstić information content (AvgIpc) is 2.61. The normalized spacial score (nSPS) is 23.1. The summed E-state index contributed by atoms with van der Waals surface area (Å²) in [6.45, 7) is 15.7.